The number of hydrogen-bond acceptors (Lipinski definition) is 5. The van der Waals surface area contributed by atoms with Crippen molar-refractivity contribution in [1.29, 1.82) is 0 Å². The van der Waals surface area contributed by atoms with Crippen LogP contribution >= 0.6 is 0 Å². The molecule has 0 spiro atoms. The van der Waals surface area contributed by atoms with E-state index in [0.29, 0.717) is 12.2 Å². The molecule has 0 atom stereocenters. The Hall–Kier alpha value is -1.15. The predicted octanol–water partition coefficient (Wildman–Crippen LogP) is 1.23. The molecule has 1 N–H and O–H groups in total. The van der Waals surface area contributed by atoms with Gasteiger partial charge < -0.3 is 14.6 Å². The van der Waals surface area contributed by atoms with E-state index in [1.807, 2.05) is 13.8 Å². The van der Waals surface area contributed by atoms with Crippen LogP contribution in [0.4, 0.5) is 0 Å². The molecule has 1 rings (SSSR count). The molecule has 0 aliphatic heterocycles. The molecule has 0 amide bonds. The summed E-state index contributed by atoms with van der Waals surface area (Å²) in [6.07, 6.45) is 0. The van der Waals surface area contributed by atoms with Gasteiger partial charge in [0.05, 0.1) is 20.3 Å². The van der Waals surface area contributed by atoms with E-state index in [1.165, 1.54) is 30.7 Å². The lowest BCUT2D eigenvalue weighted by molar-refractivity contribution is 0.170. The number of methoxy groups -OCH3 is 2. The summed E-state index contributed by atoms with van der Waals surface area (Å²) >= 11 is 0. The number of ether oxygens (including phenoxy) is 2. The van der Waals surface area contributed by atoms with E-state index in [-0.39, 0.29) is 29.8 Å². The molecule has 0 aromatic heterocycles. The molecule has 0 fully saturated rings. The van der Waals surface area contributed by atoms with Crippen molar-refractivity contribution in [3.8, 4) is 5.75 Å². The largest absolute Gasteiger partial charge is 0.495 e. The average molecular weight is 317 g/mol. The minimum absolute atomic E-state index is 0.0898. The van der Waals surface area contributed by atoms with Crippen molar-refractivity contribution in [2.75, 3.05) is 27.4 Å². The maximum atomic E-state index is 12.8. The number of benzene rings is 1. The van der Waals surface area contributed by atoms with Crippen LogP contribution in [0.3, 0.4) is 0 Å². The lowest BCUT2D eigenvalue weighted by Gasteiger charge is -2.26. The minimum atomic E-state index is -3.69. The van der Waals surface area contributed by atoms with Crippen LogP contribution in [-0.2, 0) is 21.4 Å². The van der Waals surface area contributed by atoms with Gasteiger partial charge in [-0.2, -0.15) is 4.31 Å². The third kappa shape index (κ3) is 4.16. The molecule has 0 unspecified atom stereocenters. The van der Waals surface area contributed by atoms with Gasteiger partial charge in [-0.3, -0.25) is 0 Å². The predicted molar refractivity (Wildman–Crippen MR) is 79.8 cm³/mol. The Labute approximate surface area is 126 Å². The second-order valence-corrected chi connectivity index (χ2v) is 6.70. The molecule has 0 radical (unpaired) electrons. The maximum Gasteiger partial charge on any atom is 0.247 e. The molecule has 6 nitrogen and oxygen atoms in total. The van der Waals surface area contributed by atoms with Crippen molar-refractivity contribution < 1.29 is 23.0 Å². The molecule has 7 heteroatoms. The summed E-state index contributed by atoms with van der Waals surface area (Å²) in [6.45, 7) is 4.02. The summed E-state index contributed by atoms with van der Waals surface area (Å²) < 4.78 is 37.1. The van der Waals surface area contributed by atoms with E-state index in [9.17, 15) is 8.42 Å². The summed E-state index contributed by atoms with van der Waals surface area (Å²) in [4.78, 5) is 0.0898. The van der Waals surface area contributed by atoms with E-state index in [0.717, 1.165) is 0 Å². The zero-order chi connectivity index (χ0) is 16.0. The Morgan fingerprint density at radius 3 is 2.43 bits per heavy atom. The monoisotopic (exact) mass is 317 g/mol. The summed E-state index contributed by atoms with van der Waals surface area (Å²) in [5, 5.41) is 9.13. The fourth-order valence-electron chi connectivity index (χ4n) is 1.99. The van der Waals surface area contributed by atoms with Crippen molar-refractivity contribution in [3.63, 3.8) is 0 Å². The molecule has 120 valence electrons. The zero-order valence-corrected chi connectivity index (χ0v) is 13.7. The quantitative estimate of drug-likeness (QED) is 0.780. The van der Waals surface area contributed by atoms with Gasteiger partial charge in [-0.1, -0.05) is 6.07 Å². The first-order valence-electron chi connectivity index (χ1n) is 6.67. The van der Waals surface area contributed by atoms with Crippen molar-refractivity contribution in [2.45, 2.75) is 31.4 Å². The average Bonchev–Trinajstić information content (AvgIpc) is 2.46. The topological polar surface area (TPSA) is 76.1 Å². The van der Waals surface area contributed by atoms with Crippen molar-refractivity contribution in [2.24, 2.45) is 0 Å². The first-order valence-corrected chi connectivity index (χ1v) is 8.11. The molecule has 0 saturated carbocycles. The summed E-state index contributed by atoms with van der Waals surface area (Å²) in [5.41, 5.74) is 0.596. The molecule has 1 aromatic rings. The van der Waals surface area contributed by atoms with Crippen LogP contribution in [-0.4, -0.2) is 51.2 Å². The third-order valence-electron chi connectivity index (χ3n) is 3.09. The second-order valence-electron chi connectivity index (χ2n) is 4.85. The van der Waals surface area contributed by atoms with E-state index < -0.39 is 10.0 Å². The van der Waals surface area contributed by atoms with Gasteiger partial charge in [-0.15, -0.1) is 0 Å². The van der Waals surface area contributed by atoms with Gasteiger partial charge in [0, 0.05) is 19.7 Å². The number of aliphatic hydroxyl groups is 1. The molecule has 0 aliphatic rings. The van der Waals surface area contributed by atoms with Crippen molar-refractivity contribution in [1.82, 2.24) is 4.31 Å². The highest BCUT2D eigenvalue weighted by atomic mass is 32.2. The standard InChI is InChI=1S/C14H23NO5S/c1-11(2)15(7-8-19-3)21(17,18)14-6-5-12(10-16)9-13(14)20-4/h5-6,9,11,16H,7-8,10H2,1-4H3. The number of hydrogen-bond donors (Lipinski definition) is 1. The van der Waals surface area contributed by atoms with Gasteiger partial charge in [-0.05, 0) is 31.5 Å². The highest BCUT2D eigenvalue weighted by Crippen LogP contribution is 2.28. The molecule has 0 saturated heterocycles. The Bertz CT molecular complexity index is 556. The van der Waals surface area contributed by atoms with Crippen molar-refractivity contribution >= 4 is 10.0 Å². The third-order valence-corrected chi connectivity index (χ3v) is 5.20. The van der Waals surface area contributed by atoms with E-state index in [2.05, 4.69) is 0 Å². The number of sulfonamides is 1. The normalized spacial score (nSPS) is 12.1. The first kappa shape index (κ1) is 17.9. The SMILES string of the molecule is COCCN(C(C)C)S(=O)(=O)c1ccc(CO)cc1OC. The van der Waals surface area contributed by atoms with E-state index in [1.54, 1.807) is 6.07 Å². The first-order chi connectivity index (χ1) is 9.88. The zero-order valence-electron chi connectivity index (χ0n) is 12.9. The van der Waals surface area contributed by atoms with Crippen LogP contribution in [0.1, 0.15) is 19.4 Å². The van der Waals surface area contributed by atoms with Crippen LogP contribution in [0.5, 0.6) is 5.75 Å². The lowest BCUT2D eigenvalue weighted by Crippen LogP contribution is -2.39. The summed E-state index contributed by atoms with van der Waals surface area (Å²) in [7, 11) is -0.757. The van der Waals surface area contributed by atoms with Gasteiger partial charge in [0.2, 0.25) is 10.0 Å². The van der Waals surface area contributed by atoms with Crippen LogP contribution in [0.15, 0.2) is 23.1 Å². The fourth-order valence-corrected chi connectivity index (χ4v) is 3.75. The van der Waals surface area contributed by atoms with Crippen molar-refractivity contribution in [3.05, 3.63) is 23.8 Å². The number of rotatable bonds is 8. The lowest BCUT2D eigenvalue weighted by atomic mass is 10.2. The molecule has 1 aromatic carbocycles. The minimum Gasteiger partial charge on any atom is -0.495 e. The van der Waals surface area contributed by atoms with Crippen LogP contribution in [0.2, 0.25) is 0 Å². The second kappa shape index (κ2) is 7.74. The molecular weight excluding hydrogens is 294 g/mol. The van der Waals surface area contributed by atoms with Gasteiger partial charge in [-0.25, -0.2) is 8.42 Å². The molecular formula is C14H23NO5S. The van der Waals surface area contributed by atoms with Gasteiger partial charge in [0.15, 0.2) is 0 Å². The summed E-state index contributed by atoms with van der Waals surface area (Å²) in [6, 6.07) is 4.36. The number of aliphatic hydroxyl groups excluding tert-OH is 1. The summed E-state index contributed by atoms with van der Waals surface area (Å²) in [5.74, 6) is 0.226. The smallest absolute Gasteiger partial charge is 0.247 e. The Kier molecular flexibility index (Phi) is 6.60. The maximum absolute atomic E-state index is 12.8. The van der Waals surface area contributed by atoms with Gasteiger partial charge in [0.1, 0.15) is 10.6 Å². The van der Waals surface area contributed by atoms with Crippen LogP contribution in [0, 0.1) is 0 Å². The Morgan fingerprint density at radius 2 is 1.95 bits per heavy atom. The van der Waals surface area contributed by atoms with E-state index in [4.69, 9.17) is 14.6 Å². The van der Waals surface area contributed by atoms with Crippen LogP contribution in [0.25, 0.3) is 0 Å². The Balaban J connectivity index is 3.27. The Morgan fingerprint density at radius 1 is 1.29 bits per heavy atom. The molecule has 21 heavy (non-hydrogen) atoms. The van der Waals surface area contributed by atoms with E-state index >= 15 is 0 Å². The van der Waals surface area contributed by atoms with Crippen LogP contribution < -0.4 is 4.74 Å². The van der Waals surface area contributed by atoms with Gasteiger partial charge in [0.25, 0.3) is 0 Å². The van der Waals surface area contributed by atoms with Gasteiger partial charge >= 0.3 is 0 Å². The highest BCUT2D eigenvalue weighted by Gasteiger charge is 2.29. The molecule has 0 aliphatic carbocycles. The molecule has 0 heterocycles. The highest BCUT2D eigenvalue weighted by molar-refractivity contribution is 7.89. The molecule has 0 bridgehead atoms. The number of nitrogens with zero attached hydrogens (tertiary/aromatic N) is 1. The fraction of sp³-hybridized carbons (Fsp3) is 0.571.